The minimum absolute atomic E-state index is 0.00269. The first-order valence-electron chi connectivity index (χ1n) is 25.6. The molecule has 4 bridgehead atoms. The Kier molecular flexibility index (Phi) is 16.6. The topological polar surface area (TPSA) is 190 Å². The molecule has 1 saturated heterocycles. The zero-order chi connectivity index (χ0) is 50.8. The molecule has 73 heavy (non-hydrogen) atoms. The predicted molar refractivity (Wildman–Crippen MR) is 286 cm³/mol. The maximum Gasteiger partial charge on any atom is 0.204 e. The fourth-order valence-electron chi connectivity index (χ4n) is 10.2. The number of nitrogens with zero attached hydrogens (tertiary/aromatic N) is 1. The summed E-state index contributed by atoms with van der Waals surface area (Å²) >= 11 is 0. The second kappa shape index (κ2) is 23.8. The number of aromatic amines is 1. The molecule has 7 aromatic rings. The van der Waals surface area contributed by atoms with E-state index >= 15 is 0 Å². The Morgan fingerprint density at radius 1 is 0.877 bits per heavy atom. The van der Waals surface area contributed by atoms with Crippen LogP contribution in [0, 0.1) is 5.92 Å². The standard InChI is InChI=1S/C60H67N3O10/c1-3-45-33-51-43-12-7-11-39(29-43)16-23-49-56-55(53(69)34-54(73-56)42-18-21-47(66)22-19-42)58(71-28-24-48(67)20-15-38-9-5-4-6-10-38)59(70-2)57(49)72-37-41(36-65)30-44-17-14-40(32-50(44)52(68)13-8-27-64)31-46-35-61-25-26-63(46)60(51)62-45/h4-7,9-12,14-15,17-22,29,32-34,41,46,48,52,61-62,64-68H,3,8,13,16,23-28,30-31,35-37H2,1-2H3. The largest absolute Gasteiger partial charge is 0.508 e. The number of hydrogen-bond donors (Lipinski definition) is 7. The fraction of sp³-hybridized carbons (Fsp3) is 0.350. The van der Waals surface area contributed by atoms with Gasteiger partial charge in [0.2, 0.25) is 5.75 Å². The first kappa shape index (κ1) is 51.0. The van der Waals surface area contributed by atoms with Gasteiger partial charge in [0.05, 0.1) is 32.5 Å². The fourth-order valence-corrected chi connectivity index (χ4v) is 10.2. The molecule has 5 heterocycles. The van der Waals surface area contributed by atoms with Crippen molar-refractivity contribution in [3.63, 3.8) is 0 Å². The van der Waals surface area contributed by atoms with Crippen molar-refractivity contribution in [3.8, 4) is 45.4 Å². The average molecular weight is 990 g/mol. The lowest BCUT2D eigenvalue weighted by atomic mass is 9.89. The highest BCUT2D eigenvalue weighted by Crippen LogP contribution is 2.48. The van der Waals surface area contributed by atoms with Crippen LogP contribution in [0.5, 0.6) is 23.0 Å². The summed E-state index contributed by atoms with van der Waals surface area (Å²) in [4.78, 5) is 21.0. The summed E-state index contributed by atoms with van der Waals surface area (Å²) in [6.07, 6.45) is 5.58. The second-order valence-electron chi connectivity index (χ2n) is 19.2. The number of H-pyrrole nitrogens is 1. The number of methoxy groups -OCH3 is 1. The number of ether oxygens (including phenoxy) is 3. The van der Waals surface area contributed by atoms with Gasteiger partial charge in [-0.3, -0.25) is 4.79 Å². The first-order chi connectivity index (χ1) is 35.6. The second-order valence-corrected chi connectivity index (χ2v) is 19.2. The van der Waals surface area contributed by atoms with Crippen molar-refractivity contribution in [1.29, 1.82) is 0 Å². The van der Waals surface area contributed by atoms with E-state index in [0.29, 0.717) is 43.2 Å². The molecule has 0 amide bonds. The van der Waals surface area contributed by atoms with Gasteiger partial charge in [0, 0.05) is 79.7 Å². The summed E-state index contributed by atoms with van der Waals surface area (Å²) in [5, 5.41) is 57.6. The predicted octanol–water partition coefficient (Wildman–Crippen LogP) is 8.73. The molecule has 7 N–H and O–H groups in total. The van der Waals surface area contributed by atoms with Gasteiger partial charge in [-0.1, -0.05) is 91.9 Å². The van der Waals surface area contributed by atoms with Crippen molar-refractivity contribution in [2.75, 3.05) is 58.1 Å². The van der Waals surface area contributed by atoms with Gasteiger partial charge >= 0.3 is 0 Å². The van der Waals surface area contributed by atoms with Crippen LogP contribution in [0.2, 0.25) is 0 Å². The summed E-state index contributed by atoms with van der Waals surface area (Å²) in [6, 6.07) is 34.7. The number of aromatic nitrogens is 1. The molecule has 4 unspecified atom stereocenters. The van der Waals surface area contributed by atoms with E-state index in [1.807, 2.05) is 42.5 Å². The van der Waals surface area contributed by atoms with Gasteiger partial charge in [0.25, 0.3) is 0 Å². The summed E-state index contributed by atoms with van der Waals surface area (Å²) in [6.45, 7) is 4.27. The zero-order valence-electron chi connectivity index (χ0n) is 41.7. The molecule has 2 aromatic heterocycles. The van der Waals surface area contributed by atoms with E-state index in [1.165, 1.54) is 25.3 Å². The van der Waals surface area contributed by atoms with E-state index in [1.54, 1.807) is 18.2 Å². The Morgan fingerprint density at radius 2 is 1.71 bits per heavy atom. The lowest BCUT2D eigenvalue weighted by molar-refractivity contribution is 0.145. The normalized spacial score (nSPS) is 17.1. The molecule has 3 aliphatic rings. The third kappa shape index (κ3) is 11.8. The van der Waals surface area contributed by atoms with Crippen LogP contribution >= 0.6 is 0 Å². The van der Waals surface area contributed by atoms with Gasteiger partial charge in [-0.05, 0) is 109 Å². The van der Waals surface area contributed by atoms with Crippen LogP contribution in [0.3, 0.4) is 0 Å². The molecule has 4 atom stereocenters. The van der Waals surface area contributed by atoms with Crippen LogP contribution in [0.25, 0.3) is 39.5 Å². The Hall–Kier alpha value is -6.87. The lowest BCUT2D eigenvalue weighted by Gasteiger charge is -2.38. The quantitative estimate of drug-likeness (QED) is 0.0550. The van der Waals surface area contributed by atoms with Gasteiger partial charge in [-0.2, -0.15) is 0 Å². The third-order valence-corrected chi connectivity index (χ3v) is 14.1. The van der Waals surface area contributed by atoms with E-state index < -0.39 is 18.1 Å². The van der Waals surface area contributed by atoms with Crippen molar-refractivity contribution >= 4 is 22.9 Å². The number of piperazine rings is 1. The minimum Gasteiger partial charge on any atom is -0.508 e. The maximum atomic E-state index is 14.7. The van der Waals surface area contributed by atoms with Gasteiger partial charge in [0.15, 0.2) is 16.9 Å². The molecular formula is C60H67N3O10. The maximum absolute atomic E-state index is 14.7. The highest BCUT2D eigenvalue weighted by Gasteiger charge is 2.31. The van der Waals surface area contributed by atoms with Crippen LogP contribution in [0.4, 0.5) is 5.82 Å². The third-order valence-electron chi connectivity index (χ3n) is 14.1. The smallest absolute Gasteiger partial charge is 0.204 e. The Morgan fingerprint density at radius 3 is 2.49 bits per heavy atom. The van der Waals surface area contributed by atoms with Crippen LogP contribution in [-0.2, 0) is 32.1 Å². The Labute approximate surface area is 426 Å². The van der Waals surface area contributed by atoms with E-state index in [9.17, 15) is 30.3 Å². The Bertz CT molecular complexity index is 3060. The number of phenols is 1. The van der Waals surface area contributed by atoms with E-state index in [-0.39, 0.29) is 84.0 Å². The molecule has 0 aliphatic carbocycles. The SMILES string of the molecule is CCc1cc2c([nH]1)N1CCNCC1Cc1ccc(c(C(O)CCCO)c1)CC(CO)COc1c(OC)c(OCCC(O)C=Cc3ccccc3)c3c(=O)cc(-c4ccc(O)cc4)oc3c1CCc1cccc-2c1. The highest BCUT2D eigenvalue weighted by atomic mass is 16.5. The number of fused-ring (bicyclic) bond motifs is 7. The van der Waals surface area contributed by atoms with Crippen molar-refractivity contribution < 1.29 is 44.2 Å². The molecule has 10 rings (SSSR count). The number of aliphatic hydroxyl groups excluding tert-OH is 4. The molecule has 382 valence electrons. The number of rotatable bonds is 14. The zero-order valence-corrected chi connectivity index (χ0v) is 41.7. The van der Waals surface area contributed by atoms with Crippen LogP contribution < -0.4 is 29.9 Å². The van der Waals surface area contributed by atoms with Gasteiger partial charge in [0.1, 0.15) is 28.3 Å². The lowest BCUT2D eigenvalue weighted by Crippen LogP contribution is -2.52. The summed E-state index contributed by atoms with van der Waals surface area (Å²) in [5.41, 5.74) is 8.94. The molecule has 0 radical (unpaired) electrons. The summed E-state index contributed by atoms with van der Waals surface area (Å²) in [5.74, 6) is 1.49. The van der Waals surface area contributed by atoms with Gasteiger partial charge < -0.3 is 59.4 Å². The molecule has 13 nitrogen and oxygen atoms in total. The number of benzene rings is 5. The number of aryl methyl sites for hydroxylation is 3. The number of aliphatic hydroxyl groups is 4. The molecule has 0 saturated carbocycles. The van der Waals surface area contributed by atoms with Crippen LogP contribution in [0.1, 0.15) is 71.4 Å². The molecule has 0 spiro atoms. The monoisotopic (exact) mass is 989 g/mol. The number of nitrogens with one attached hydrogen (secondary N) is 2. The number of anilines is 1. The molecule has 1 fully saturated rings. The highest BCUT2D eigenvalue weighted by molar-refractivity contribution is 5.93. The summed E-state index contributed by atoms with van der Waals surface area (Å²) in [7, 11) is 1.50. The number of hydrogen-bond acceptors (Lipinski definition) is 12. The Balaban J connectivity index is 1.20. The molecule has 13 heteroatoms. The number of aromatic hydroxyl groups is 1. The van der Waals surface area contributed by atoms with Gasteiger partial charge in [-0.25, -0.2) is 0 Å². The van der Waals surface area contributed by atoms with E-state index in [0.717, 1.165) is 82.9 Å². The molecule has 5 aromatic carbocycles. The number of phenolic OH excluding ortho intramolecular Hbond substituents is 1. The average Bonchev–Trinajstić information content (AvgIpc) is 3.85. The van der Waals surface area contributed by atoms with Crippen molar-refractivity contribution in [1.82, 2.24) is 10.3 Å². The van der Waals surface area contributed by atoms with Gasteiger partial charge in [-0.15, -0.1) is 0 Å². The van der Waals surface area contributed by atoms with Crippen molar-refractivity contribution in [2.24, 2.45) is 5.92 Å². The van der Waals surface area contributed by atoms with Crippen molar-refractivity contribution in [2.45, 2.75) is 76.5 Å². The van der Waals surface area contributed by atoms with Crippen LogP contribution in [-0.4, -0.2) is 95.8 Å². The van der Waals surface area contributed by atoms with E-state index in [2.05, 4.69) is 64.6 Å². The van der Waals surface area contributed by atoms with Crippen LogP contribution in [0.15, 0.2) is 124 Å². The molecule has 3 aliphatic heterocycles. The molecular weight excluding hydrogens is 923 g/mol. The van der Waals surface area contributed by atoms with Crippen molar-refractivity contribution in [3.05, 3.63) is 165 Å². The summed E-state index contributed by atoms with van der Waals surface area (Å²) < 4.78 is 26.5. The van der Waals surface area contributed by atoms with E-state index in [4.69, 9.17) is 18.6 Å². The first-order valence-corrected chi connectivity index (χ1v) is 25.6. The minimum atomic E-state index is -0.865.